The molecule has 1 N–H and O–H groups in total. The minimum atomic E-state index is -0.564. The number of nitrogens with zero attached hydrogens (tertiary/aromatic N) is 1. The van der Waals surface area contributed by atoms with Gasteiger partial charge < -0.3 is 10.2 Å². The van der Waals surface area contributed by atoms with E-state index in [1.54, 1.807) is 0 Å². The predicted octanol–water partition coefficient (Wildman–Crippen LogP) is 4.36. The number of carbonyl (C=O) groups excluding carboxylic acids is 2. The monoisotopic (exact) mass is 436 g/mol. The van der Waals surface area contributed by atoms with E-state index >= 15 is 0 Å². The first-order valence-electron chi connectivity index (χ1n) is 8.08. The highest BCUT2D eigenvalue weighted by atomic mass is 79.9. The SMILES string of the molecule is Cc1ccc(NC(=O)C2CSCN2C(=O)c2ccc(F)cc2Br)cc1C. The maximum Gasteiger partial charge on any atom is 0.256 e. The van der Waals surface area contributed by atoms with Crippen LogP contribution in [0, 0.1) is 19.7 Å². The molecule has 0 bridgehead atoms. The summed E-state index contributed by atoms with van der Waals surface area (Å²) in [5, 5.41) is 2.89. The lowest BCUT2D eigenvalue weighted by Crippen LogP contribution is -2.44. The van der Waals surface area contributed by atoms with Gasteiger partial charge in [0, 0.05) is 15.9 Å². The van der Waals surface area contributed by atoms with Gasteiger partial charge in [0.05, 0.1) is 11.4 Å². The molecular weight excluding hydrogens is 419 g/mol. The van der Waals surface area contributed by atoms with Crippen molar-refractivity contribution in [2.45, 2.75) is 19.9 Å². The van der Waals surface area contributed by atoms with Gasteiger partial charge in [-0.1, -0.05) is 6.07 Å². The number of thioether (sulfide) groups is 1. The van der Waals surface area contributed by atoms with Crippen LogP contribution in [-0.2, 0) is 4.79 Å². The molecule has 1 atom stereocenters. The normalized spacial score (nSPS) is 16.6. The Hall–Kier alpha value is -1.86. The van der Waals surface area contributed by atoms with Gasteiger partial charge in [0.15, 0.2) is 0 Å². The van der Waals surface area contributed by atoms with Gasteiger partial charge in [-0.3, -0.25) is 9.59 Å². The van der Waals surface area contributed by atoms with E-state index in [0.717, 1.165) is 11.1 Å². The first-order valence-corrected chi connectivity index (χ1v) is 10.0. The van der Waals surface area contributed by atoms with Gasteiger partial charge in [-0.2, -0.15) is 0 Å². The van der Waals surface area contributed by atoms with Crippen LogP contribution in [0.2, 0.25) is 0 Å². The number of carbonyl (C=O) groups is 2. The molecule has 2 aromatic rings. The van der Waals surface area contributed by atoms with Crippen LogP contribution in [0.25, 0.3) is 0 Å². The Labute approximate surface area is 164 Å². The standard InChI is InChI=1S/C19H18BrFN2O2S/c1-11-3-5-14(7-12(11)2)22-18(24)17-9-26-10-23(17)19(25)15-6-4-13(21)8-16(15)20/h3-8,17H,9-10H2,1-2H3,(H,22,24). The molecule has 0 aromatic heterocycles. The molecule has 0 aliphatic carbocycles. The van der Waals surface area contributed by atoms with Crippen molar-refractivity contribution >= 4 is 45.2 Å². The highest BCUT2D eigenvalue weighted by Gasteiger charge is 2.35. The Kier molecular flexibility index (Phi) is 5.67. The van der Waals surface area contributed by atoms with Crippen molar-refractivity contribution in [1.29, 1.82) is 0 Å². The van der Waals surface area contributed by atoms with Gasteiger partial charge in [0.2, 0.25) is 5.91 Å². The lowest BCUT2D eigenvalue weighted by atomic mass is 10.1. The second-order valence-electron chi connectivity index (χ2n) is 6.20. The molecule has 2 aromatic carbocycles. The molecule has 0 radical (unpaired) electrons. The van der Waals surface area contributed by atoms with Crippen LogP contribution in [0.1, 0.15) is 21.5 Å². The number of amides is 2. The quantitative estimate of drug-likeness (QED) is 0.777. The number of nitrogens with one attached hydrogen (secondary N) is 1. The number of hydrogen-bond acceptors (Lipinski definition) is 3. The molecule has 7 heteroatoms. The Morgan fingerprint density at radius 1 is 1.19 bits per heavy atom. The van der Waals surface area contributed by atoms with E-state index < -0.39 is 11.9 Å². The van der Waals surface area contributed by atoms with Crippen LogP contribution in [0.4, 0.5) is 10.1 Å². The summed E-state index contributed by atoms with van der Waals surface area (Å²) >= 11 is 4.75. The molecular formula is C19H18BrFN2O2S. The third kappa shape index (κ3) is 3.94. The summed E-state index contributed by atoms with van der Waals surface area (Å²) < 4.78 is 13.7. The number of anilines is 1. The second-order valence-corrected chi connectivity index (χ2v) is 8.06. The molecule has 1 aliphatic heterocycles. The smallest absolute Gasteiger partial charge is 0.256 e. The van der Waals surface area contributed by atoms with Crippen LogP contribution in [-0.4, -0.2) is 34.4 Å². The van der Waals surface area contributed by atoms with E-state index in [2.05, 4.69) is 21.2 Å². The zero-order valence-corrected chi connectivity index (χ0v) is 16.8. The molecule has 1 aliphatic rings. The third-order valence-corrected chi connectivity index (χ3v) is 6.05. The topological polar surface area (TPSA) is 49.4 Å². The number of aryl methyl sites for hydroxylation is 2. The maximum atomic E-state index is 13.3. The Balaban J connectivity index is 1.77. The van der Waals surface area contributed by atoms with Crippen molar-refractivity contribution in [3.63, 3.8) is 0 Å². The second kappa shape index (κ2) is 7.80. The van der Waals surface area contributed by atoms with Crippen molar-refractivity contribution in [2.75, 3.05) is 16.9 Å². The van der Waals surface area contributed by atoms with Crippen molar-refractivity contribution in [1.82, 2.24) is 4.90 Å². The lowest BCUT2D eigenvalue weighted by molar-refractivity contribution is -0.119. The van der Waals surface area contributed by atoms with E-state index in [9.17, 15) is 14.0 Å². The van der Waals surface area contributed by atoms with E-state index in [1.807, 2.05) is 32.0 Å². The van der Waals surface area contributed by atoms with Crippen LogP contribution in [0.3, 0.4) is 0 Å². The number of hydrogen-bond donors (Lipinski definition) is 1. The van der Waals surface area contributed by atoms with Crippen molar-refractivity contribution in [3.05, 3.63) is 63.4 Å². The summed E-state index contributed by atoms with van der Waals surface area (Å²) in [4.78, 5) is 27.1. The number of halogens is 2. The largest absolute Gasteiger partial charge is 0.324 e. The Morgan fingerprint density at radius 3 is 2.65 bits per heavy atom. The lowest BCUT2D eigenvalue weighted by Gasteiger charge is -2.23. The third-order valence-electron chi connectivity index (χ3n) is 4.38. The molecule has 3 rings (SSSR count). The fraction of sp³-hybridized carbons (Fsp3) is 0.263. The summed E-state index contributed by atoms with van der Waals surface area (Å²) in [5.74, 6) is 0.0229. The number of rotatable bonds is 3. The van der Waals surface area contributed by atoms with Crippen molar-refractivity contribution in [3.8, 4) is 0 Å². The van der Waals surface area contributed by atoms with E-state index in [1.165, 1.54) is 34.9 Å². The van der Waals surface area contributed by atoms with Gasteiger partial charge in [-0.05, 0) is 71.2 Å². The average molecular weight is 437 g/mol. The van der Waals surface area contributed by atoms with Gasteiger partial charge >= 0.3 is 0 Å². The summed E-state index contributed by atoms with van der Waals surface area (Å²) in [7, 11) is 0. The fourth-order valence-electron chi connectivity index (χ4n) is 2.72. The number of benzene rings is 2. The Morgan fingerprint density at radius 2 is 1.96 bits per heavy atom. The summed E-state index contributed by atoms with van der Waals surface area (Å²) in [5.41, 5.74) is 3.30. The Bertz CT molecular complexity index is 875. The van der Waals surface area contributed by atoms with Crippen LogP contribution in [0.5, 0.6) is 0 Å². The highest BCUT2D eigenvalue weighted by molar-refractivity contribution is 9.10. The van der Waals surface area contributed by atoms with E-state index in [4.69, 9.17) is 0 Å². The zero-order valence-electron chi connectivity index (χ0n) is 14.4. The first-order chi connectivity index (χ1) is 12.4. The van der Waals surface area contributed by atoms with E-state index in [0.29, 0.717) is 27.4 Å². The molecule has 136 valence electrons. The van der Waals surface area contributed by atoms with Gasteiger partial charge in [-0.15, -0.1) is 11.8 Å². The molecule has 0 saturated carbocycles. The minimum Gasteiger partial charge on any atom is -0.324 e. The van der Waals surface area contributed by atoms with Crippen LogP contribution >= 0.6 is 27.7 Å². The molecule has 1 heterocycles. The highest BCUT2D eigenvalue weighted by Crippen LogP contribution is 2.27. The summed E-state index contributed by atoms with van der Waals surface area (Å²) in [6.07, 6.45) is 0. The molecule has 0 spiro atoms. The van der Waals surface area contributed by atoms with Gasteiger partial charge in [-0.25, -0.2) is 4.39 Å². The predicted molar refractivity (Wildman–Crippen MR) is 106 cm³/mol. The molecule has 1 saturated heterocycles. The first kappa shape index (κ1) is 18.9. The van der Waals surface area contributed by atoms with Crippen LogP contribution < -0.4 is 5.32 Å². The molecule has 1 fully saturated rings. The average Bonchev–Trinajstić information content (AvgIpc) is 3.07. The van der Waals surface area contributed by atoms with Gasteiger partial charge in [0.1, 0.15) is 11.9 Å². The molecule has 26 heavy (non-hydrogen) atoms. The van der Waals surface area contributed by atoms with Gasteiger partial charge in [0.25, 0.3) is 5.91 Å². The zero-order chi connectivity index (χ0) is 18.8. The van der Waals surface area contributed by atoms with E-state index in [-0.39, 0.29) is 11.8 Å². The molecule has 2 amide bonds. The van der Waals surface area contributed by atoms with Crippen molar-refractivity contribution < 1.29 is 14.0 Å². The summed E-state index contributed by atoms with van der Waals surface area (Å²) in [6, 6.07) is 9.08. The maximum absolute atomic E-state index is 13.3. The summed E-state index contributed by atoms with van der Waals surface area (Å²) in [6.45, 7) is 3.99. The van der Waals surface area contributed by atoms with Crippen LogP contribution in [0.15, 0.2) is 40.9 Å². The molecule has 1 unspecified atom stereocenters. The fourth-order valence-corrected chi connectivity index (χ4v) is 4.40. The molecule has 4 nitrogen and oxygen atoms in total. The minimum absolute atomic E-state index is 0.218. The van der Waals surface area contributed by atoms with Crippen molar-refractivity contribution in [2.24, 2.45) is 0 Å².